The zero-order valence-electron chi connectivity index (χ0n) is 13.5. The lowest BCUT2D eigenvalue weighted by atomic mass is 10.1. The number of rotatable bonds is 2. The maximum Gasteiger partial charge on any atom is 0.274 e. The van der Waals surface area contributed by atoms with E-state index in [2.05, 4.69) is 20.4 Å². The summed E-state index contributed by atoms with van der Waals surface area (Å²) >= 11 is 0. The molecule has 2 aliphatic rings. The Bertz CT molecular complexity index is 749. The molecular weight excluding hydrogens is 306 g/mol. The molecule has 3 heterocycles. The van der Waals surface area contributed by atoms with Gasteiger partial charge in [0.25, 0.3) is 5.91 Å². The molecule has 7 heteroatoms. The Morgan fingerprint density at radius 1 is 1.21 bits per heavy atom. The minimum Gasteiger partial charge on any atom is -0.508 e. The first-order chi connectivity index (χ1) is 11.7. The molecule has 1 fully saturated rings. The number of piperazine rings is 1. The summed E-state index contributed by atoms with van der Waals surface area (Å²) in [6.07, 6.45) is 0.890. The van der Waals surface area contributed by atoms with Crippen molar-refractivity contribution < 1.29 is 9.90 Å². The standard InChI is InChI=1S/C17H21N5O2/c23-13-3-1-2-12(10-13)21-6-8-22(9-7-21)17(24)16-14-11-18-5-4-15(14)19-20-16/h1-3,10,18,23H,4-9,11H2,(H,19,20). The number of carbonyl (C=O) groups excluding carboxylic acids is 1. The number of H-pyrrole nitrogens is 1. The van der Waals surface area contributed by atoms with Crippen LogP contribution in [-0.4, -0.2) is 58.8 Å². The van der Waals surface area contributed by atoms with E-state index in [1.165, 1.54) is 0 Å². The van der Waals surface area contributed by atoms with Gasteiger partial charge in [0.05, 0.1) is 0 Å². The smallest absolute Gasteiger partial charge is 0.274 e. The van der Waals surface area contributed by atoms with E-state index in [1.54, 1.807) is 12.1 Å². The second-order valence-electron chi connectivity index (χ2n) is 6.26. The van der Waals surface area contributed by atoms with Crippen LogP contribution >= 0.6 is 0 Å². The molecule has 1 saturated heterocycles. The van der Waals surface area contributed by atoms with E-state index >= 15 is 0 Å². The molecule has 7 nitrogen and oxygen atoms in total. The summed E-state index contributed by atoms with van der Waals surface area (Å²) in [7, 11) is 0. The summed E-state index contributed by atoms with van der Waals surface area (Å²) in [5.41, 5.74) is 3.64. The molecule has 0 bridgehead atoms. The molecule has 1 aromatic heterocycles. The minimum absolute atomic E-state index is 0.00626. The Balaban J connectivity index is 1.44. The third kappa shape index (κ3) is 2.71. The van der Waals surface area contributed by atoms with Gasteiger partial charge in [0.2, 0.25) is 0 Å². The molecule has 1 aromatic carbocycles. The van der Waals surface area contributed by atoms with E-state index in [1.807, 2.05) is 17.0 Å². The van der Waals surface area contributed by atoms with E-state index in [-0.39, 0.29) is 11.7 Å². The van der Waals surface area contributed by atoms with Gasteiger partial charge in [-0.05, 0) is 12.1 Å². The number of aromatic hydroxyl groups is 1. The summed E-state index contributed by atoms with van der Waals surface area (Å²) in [5.74, 6) is 0.272. The van der Waals surface area contributed by atoms with Crippen molar-refractivity contribution in [3.8, 4) is 5.75 Å². The number of anilines is 1. The second-order valence-corrected chi connectivity index (χ2v) is 6.26. The predicted molar refractivity (Wildman–Crippen MR) is 90.2 cm³/mol. The molecule has 0 saturated carbocycles. The van der Waals surface area contributed by atoms with Crippen LogP contribution in [0.5, 0.6) is 5.75 Å². The monoisotopic (exact) mass is 327 g/mol. The third-order valence-electron chi connectivity index (χ3n) is 4.77. The van der Waals surface area contributed by atoms with Gasteiger partial charge in [-0.25, -0.2) is 0 Å². The fraction of sp³-hybridized carbons (Fsp3) is 0.412. The van der Waals surface area contributed by atoms with Crippen LogP contribution in [0.1, 0.15) is 21.7 Å². The zero-order chi connectivity index (χ0) is 16.5. The minimum atomic E-state index is 0.00626. The number of amides is 1. The van der Waals surface area contributed by atoms with Crippen molar-refractivity contribution in [1.29, 1.82) is 0 Å². The third-order valence-corrected chi connectivity index (χ3v) is 4.77. The summed E-state index contributed by atoms with van der Waals surface area (Å²) in [6, 6.07) is 7.24. The van der Waals surface area contributed by atoms with Crippen molar-refractivity contribution in [2.45, 2.75) is 13.0 Å². The van der Waals surface area contributed by atoms with Gasteiger partial charge in [-0.1, -0.05) is 6.07 Å². The summed E-state index contributed by atoms with van der Waals surface area (Å²) in [6.45, 7) is 4.44. The second kappa shape index (κ2) is 6.16. The van der Waals surface area contributed by atoms with Crippen LogP contribution in [0.15, 0.2) is 24.3 Å². The lowest BCUT2D eigenvalue weighted by Crippen LogP contribution is -2.49. The van der Waals surface area contributed by atoms with Crippen LogP contribution in [0.25, 0.3) is 0 Å². The van der Waals surface area contributed by atoms with Crippen molar-refractivity contribution in [2.24, 2.45) is 0 Å². The molecule has 2 aliphatic heterocycles. The average Bonchev–Trinajstić information content (AvgIpc) is 3.05. The molecular formula is C17H21N5O2. The lowest BCUT2D eigenvalue weighted by molar-refractivity contribution is 0.0739. The number of carbonyl (C=O) groups is 1. The van der Waals surface area contributed by atoms with Gasteiger partial charge in [0.15, 0.2) is 5.69 Å². The number of aromatic nitrogens is 2. The summed E-state index contributed by atoms with van der Waals surface area (Å²) < 4.78 is 0. The molecule has 4 rings (SSSR count). The summed E-state index contributed by atoms with van der Waals surface area (Å²) in [4.78, 5) is 16.8. The van der Waals surface area contributed by atoms with Crippen LogP contribution in [0.4, 0.5) is 5.69 Å². The zero-order valence-corrected chi connectivity index (χ0v) is 13.5. The van der Waals surface area contributed by atoms with Crippen molar-refractivity contribution in [1.82, 2.24) is 20.4 Å². The quantitative estimate of drug-likeness (QED) is 0.757. The van der Waals surface area contributed by atoms with Crippen LogP contribution in [-0.2, 0) is 13.0 Å². The number of fused-ring (bicyclic) bond motifs is 1. The maximum absolute atomic E-state index is 12.8. The first-order valence-corrected chi connectivity index (χ1v) is 8.32. The maximum atomic E-state index is 12.8. The predicted octanol–water partition coefficient (Wildman–Crippen LogP) is 0.723. The Kier molecular flexibility index (Phi) is 3.86. The highest BCUT2D eigenvalue weighted by molar-refractivity contribution is 5.94. The highest BCUT2D eigenvalue weighted by Crippen LogP contribution is 2.22. The SMILES string of the molecule is O=C(c1n[nH]c2c1CNCC2)N1CCN(c2cccc(O)c2)CC1. The van der Waals surface area contributed by atoms with Crippen LogP contribution in [0.3, 0.4) is 0 Å². The van der Waals surface area contributed by atoms with Gasteiger partial charge < -0.3 is 20.2 Å². The molecule has 2 aromatic rings. The van der Waals surface area contributed by atoms with Crippen molar-refractivity contribution >= 4 is 11.6 Å². The van der Waals surface area contributed by atoms with Gasteiger partial charge in [0, 0.05) is 68.7 Å². The van der Waals surface area contributed by atoms with Crippen molar-refractivity contribution in [3.05, 3.63) is 41.2 Å². The molecule has 0 aliphatic carbocycles. The van der Waals surface area contributed by atoms with Crippen molar-refractivity contribution in [2.75, 3.05) is 37.6 Å². The Morgan fingerprint density at radius 2 is 2.04 bits per heavy atom. The number of phenols is 1. The molecule has 0 atom stereocenters. The van der Waals surface area contributed by atoms with E-state index in [0.717, 1.165) is 43.0 Å². The van der Waals surface area contributed by atoms with Gasteiger partial charge >= 0.3 is 0 Å². The van der Waals surface area contributed by atoms with Crippen molar-refractivity contribution in [3.63, 3.8) is 0 Å². The van der Waals surface area contributed by atoms with Gasteiger partial charge in [-0.2, -0.15) is 5.10 Å². The van der Waals surface area contributed by atoms with Crippen LogP contribution in [0.2, 0.25) is 0 Å². The topological polar surface area (TPSA) is 84.5 Å². The molecule has 126 valence electrons. The van der Waals surface area contributed by atoms with E-state index in [0.29, 0.717) is 25.3 Å². The number of phenolic OH excluding ortho intramolecular Hbond substituents is 1. The Labute approximate surface area is 140 Å². The van der Waals surface area contributed by atoms with E-state index in [9.17, 15) is 9.90 Å². The number of nitrogens with one attached hydrogen (secondary N) is 2. The van der Waals surface area contributed by atoms with Crippen LogP contribution in [0, 0.1) is 0 Å². The van der Waals surface area contributed by atoms with Gasteiger partial charge in [-0.15, -0.1) is 0 Å². The number of nitrogens with zero attached hydrogens (tertiary/aromatic N) is 3. The first kappa shape index (κ1) is 15.0. The molecule has 1 amide bonds. The Morgan fingerprint density at radius 3 is 2.83 bits per heavy atom. The number of hydrogen-bond acceptors (Lipinski definition) is 5. The normalized spacial score (nSPS) is 17.7. The molecule has 0 radical (unpaired) electrons. The van der Waals surface area contributed by atoms with Crippen LogP contribution < -0.4 is 10.2 Å². The number of benzene rings is 1. The molecule has 24 heavy (non-hydrogen) atoms. The largest absolute Gasteiger partial charge is 0.508 e. The first-order valence-electron chi connectivity index (χ1n) is 8.32. The highest BCUT2D eigenvalue weighted by atomic mass is 16.3. The fourth-order valence-electron chi connectivity index (χ4n) is 3.41. The average molecular weight is 327 g/mol. The summed E-state index contributed by atoms with van der Waals surface area (Å²) in [5, 5.41) is 20.2. The fourth-order valence-corrected chi connectivity index (χ4v) is 3.41. The lowest BCUT2D eigenvalue weighted by Gasteiger charge is -2.36. The molecule has 3 N–H and O–H groups in total. The molecule has 0 unspecified atom stereocenters. The van der Waals surface area contributed by atoms with Gasteiger partial charge in [-0.3, -0.25) is 9.89 Å². The number of hydrogen-bond donors (Lipinski definition) is 3. The molecule has 0 spiro atoms. The Hall–Kier alpha value is -2.54. The van der Waals surface area contributed by atoms with Gasteiger partial charge in [0.1, 0.15) is 5.75 Å². The highest BCUT2D eigenvalue weighted by Gasteiger charge is 2.28. The van der Waals surface area contributed by atoms with E-state index in [4.69, 9.17) is 0 Å². The van der Waals surface area contributed by atoms with E-state index < -0.39 is 0 Å². The number of aromatic amines is 1.